The van der Waals surface area contributed by atoms with E-state index in [1.807, 2.05) is 17.4 Å². The summed E-state index contributed by atoms with van der Waals surface area (Å²) < 4.78 is 1.37. The molecule has 20 heavy (non-hydrogen) atoms. The zero-order valence-corrected chi connectivity index (χ0v) is 12.0. The minimum absolute atomic E-state index is 0.853. The van der Waals surface area contributed by atoms with E-state index < -0.39 is 0 Å². The molecule has 0 amide bonds. The van der Waals surface area contributed by atoms with Crippen molar-refractivity contribution in [2.24, 2.45) is 0 Å². The molecule has 0 saturated carbocycles. The molecule has 3 aromatic rings. The van der Waals surface area contributed by atoms with E-state index in [9.17, 15) is 0 Å². The molecule has 1 aromatic heterocycles. The molecule has 2 heterocycles. The Bertz CT molecular complexity index is 776. The maximum absolute atomic E-state index is 5.93. The van der Waals surface area contributed by atoms with Crippen molar-refractivity contribution in [2.45, 2.75) is 13.0 Å². The molecule has 2 nitrogen and oxygen atoms in total. The Morgan fingerprint density at radius 1 is 1.15 bits per heavy atom. The van der Waals surface area contributed by atoms with E-state index in [-0.39, 0.29) is 0 Å². The van der Waals surface area contributed by atoms with Gasteiger partial charge in [0.05, 0.1) is 0 Å². The molecule has 2 N–H and O–H groups in total. The first kappa shape index (κ1) is 11.8. The minimum Gasteiger partial charge on any atom is -0.399 e. The lowest BCUT2D eigenvalue weighted by Crippen LogP contribution is -2.19. The fourth-order valence-electron chi connectivity index (χ4n) is 2.99. The molecule has 0 bridgehead atoms. The van der Waals surface area contributed by atoms with Crippen LogP contribution in [0.15, 0.2) is 47.8 Å². The fraction of sp³-hybridized carbons (Fsp3) is 0.176. The van der Waals surface area contributed by atoms with Crippen molar-refractivity contribution < 1.29 is 0 Å². The van der Waals surface area contributed by atoms with E-state index in [1.54, 1.807) is 0 Å². The van der Waals surface area contributed by atoms with E-state index in [0.29, 0.717) is 0 Å². The van der Waals surface area contributed by atoms with Crippen LogP contribution >= 0.6 is 11.3 Å². The van der Waals surface area contributed by atoms with Crippen molar-refractivity contribution in [3.63, 3.8) is 0 Å². The SMILES string of the molecule is Nc1ccc2c(c1)N(Cc1csc3ccccc13)CC2. The molecule has 0 unspecified atom stereocenters. The van der Waals surface area contributed by atoms with E-state index in [4.69, 9.17) is 5.73 Å². The van der Waals surface area contributed by atoms with E-state index in [2.05, 4.69) is 46.7 Å². The van der Waals surface area contributed by atoms with Crippen LogP contribution in [0.2, 0.25) is 0 Å². The largest absolute Gasteiger partial charge is 0.399 e. The van der Waals surface area contributed by atoms with Crippen LogP contribution in [0.4, 0.5) is 11.4 Å². The number of hydrogen-bond donors (Lipinski definition) is 1. The van der Waals surface area contributed by atoms with Crippen LogP contribution in [-0.4, -0.2) is 6.54 Å². The molecule has 100 valence electrons. The Morgan fingerprint density at radius 2 is 2.05 bits per heavy atom. The standard InChI is InChI=1S/C17H16N2S/c18-14-6-5-12-7-8-19(16(12)9-14)10-13-11-20-17-4-2-1-3-15(13)17/h1-6,9,11H,7-8,10,18H2. The van der Waals surface area contributed by atoms with Crippen molar-refractivity contribution in [2.75, 3.05) is 17.2 Å². The van der Waals surface area contributed by atoms with Crippen molar-refractivity contribution in [3.05, 3.63) is 59.0 Å². The second-order valence-electron chi connectivity index (χ2n) is 5.32. The Morgan fingerprint density at radius 3 is 3.00 bits per heavy atom. The third-order valence-corrected chi connectivity index (χ3v) is 5.04. The molecule has 0 atom stereocenters. The topological polar surface area (TPSA) is 29.3 Å². The van der Waals surface area contributed by atoms with Gasteiger partial charge in [-0.2, -0.15) is 0 Å². The molecule has 2 aromatic carbocycles. The zero-order valence-electron chi connectivity index (χ0n) is 11.2. The second-order valence-corrected chi connectivity index (χ2v) is 6.23. The highest BCUT2D eigenvalue weighted by Crippen LogP contribution is 2.33. The quantitative estimate of drug-likeness (QED) is 0.718. The highest BCUT2D eigenvalue weighted by molar-refractivity contribution is 7.17. The molecule has 1 aliphatic rings. The molecule has 1 aliphatic heterocycles. The van der Waals surface area contributed by atoms with Crippen molar-refractivity contribution in [1.29, 1.82) is 0 Å². The molecular formula is C17H16N2S. The van der Waals surface area contributed by atoms with Gasteiger partial charge < -0.3 is 10.6 Å². The Balaban J connectivity index is 1.70. The second kappa shape index (κ2) is 4.53. The van der Waals surface area contributed by atoms with Gasteiger partial charge in [0.15, 0.2) is 0 Å². The summed E-state index contributed by atoms with van der Waals surface area (Å²) in [5, 5.41) is 3.67. The van der Waals surface area contributed by atoms with Crippen LogP contribution in [-0.2, 0) is 13.0 Å². The fourth-order valence-corrected chi connectivity index (χ4v) is 3.94. The van der Waals surface area contributed by atoms with Gasteiger partial charge in [0.1, 0.15) is 0 Å². The molecule has 3 heteroatoms. The average molecular weight is 280 g/mol. The van der Waals surface area contributed by atoms with Gasteiger partial charge in [0, 0.05) is 29.2 Å². The normalized spacial score (nSPS) is 13.9. The van der Waals surface area contributed by atoms with E-state index in [0.717, 1.165) is 25.2 Å². The maximum Gasteiger partial charge on any atom is 0.0444 e. The maximum atomic E-state index is 5.93. The smallest absolute Gasteiger partial charge is 0.0444 e. The molecule has 0 fully saturated rings. The highest BCUT2D eigenvalue weighted by Gasteiger charge is 2.20. The predicted octanol–water partition coefficient (Wildman–Crippen LogP) is 4.05. The molecule has 0 spiro atoms. The number of rotatable bonds is 2. The highest BCUT2D eigenvalue weighted by atomic mass is 32.1. The lowest BCUT2D eigenvalue weighted by Gasteiger charge is -2.19. The molecule has 0 radical (unpaired) electrons. The van der Waals surface area contributed by atoms with Crippen LogP contribution in [0, 0.1) is 0 Å². The summed E-state index contributed by atoms with van der Waals surface area (Å²) >= 11 is 1.83. The zero-order chi connectivity index (χ0) is 13.5. The third kappa shape index (κ3) is 1.86. The van der Waals surface area contributed by atoms with Gasteiger partial charge in [-0.3, -0.25) is 0 Å². The summed E-state index contributed by atoms with van der Waals surface area (Å²) in [6, 6.07) is 14.9. The van der Waals surface area contributed by atoms with Crippen molar-refractivity contribution in [3.8, 4) is 0 Å². The van der Waals surface area contributed by atoms with Gasteiger partial charge in [-0.1, -0.05) is 24.3 Å². The Hall–Kier alpha value is -2.00. The summed E-state index contributed by atoms with van der Waals surface area (Å²) in [6.45, 7) is 2.06. The first-order chi connectivity index (χ1) is 9.81. The summed E-state index contributed by atoms with van der Waals surface area (Å²) in [7, 11) is 0. The summed E-state index contributed by atoms with van der Waals surface area (Å²) in [5.74, 6) is 0. The number of fused-ring (bicyclic) bond motifs is 2. The van der Waals surface area contributed by atoms with Crippen LogP contribution in [0.25, 0.3) is 10.1 Å². The lowest BCUT2D eigenvalue weighted by atomic mass is 10.1. The number of anilines is 2. The number of benzene rings is 2. The summed E-state index contributed by atoms with van der Waals surface area (Å²) in [6.07, 6.45) is 1.12. The monoisotopic (exact) mass is 280 g/mol. The van der Waals surface area contributed by atoms with Crippen molar-refractivity contribution >= 4 is 32.8 Å². The van der Waals surface area contributed by atoms with Crippen molar-refractivity contribution in [1.82, 2.24) is 0 Å². The Labute approximate surface area is 122 Å². The third-order valence-electron chi connectivity index (χ3n) is 4.02. The predicted molar refractivity (Wildman–Crippen MR) is 87.4 cm³/mol. The first-order valence-electron chi connectivity index (χ1n) is 6.90. The lowest BCUT2D eigenvalue weighted by molar-refractivity contribution is 0.842. The average Bonchev–Trinajstić information content (AvgIpc) is 3.05. The Kier molecular flexibility index (Phi) is 2.67. The van der Waals surface area contributed by atoms with Crippen LogP contribution < -0.4 is 10.6 Å². The van der Waals surface area contributed by atoms with Gasteiger partial charge in [0.25, 0.3) is 0 Å². The number of thiophene rings is 1. The summed E-state index contributed by atoms with van der Waals surface area (Å²) in [4.78, 5) is 2.44. The van der Waals surface area contributed by atoms with Gasteiger partial charge in [-0.25, -0.2) is 0 Å². The molecular weight excluding hydrogens is 264 g/mol. The molecule has 0 saturated heterocycles. The van der Waals surface area contributed by atoms with Gasteiger partial charge in [-0.15, -0.1) is 11.3 Å². The minimum atomic E-state index is 0.853. The summed E-state index contributed by atoms with van der Waals surface area (Å²) in [5.41, 5.74) is 10.9. The first-order valence-corrected chi connectivity index (χ1v) is 7.78. The van der Waals surface area contributed by atoms with Gasteiger partial charge in [0.2, 0.25) is 0 Å². The number of nitrogens with zero attached hydrogens (tertiary/aromatic N) is 1. The van der Waals surface area contributed by atoms with E-state index in [1.165, 1.54) is 26.9 Å². The molecule has 4 rings (SSSR count). The van der Waals surface area contributed by atoms with Gasteiger partial charge >= 0.3 is 0 Å². The molecule has 0 aliphatic carbocycles. The number of hydrogen-bond acceptors (Lipinski definition) is 3. The van der Waals surface area contributed by atoms with Gasteiger partial charge in [-0.05, 0) is 46.5 Å². The van der Waals surface area contributed by atoms with Crippen LogP contribution in [0.5, 0.6) is 0 Å². The number of nitrogens with two attached hydrogens (primary N) is 1. The van der Waals surface area contributed by atoms with Crippen LogP contribution in [0.3, 0.4) is 0 Å². The van der Waals surface area contributed by atoms with Crippen LogP contribution in [0.1, 0.15) is 11.1 Å². The number of nitrogen functional groups attached to an aromatic ring is 1. The van der Waals surface area contributed by atoms with E-state index >= 15 is 0 Å².